The van der Waals surface area contributed by atoms with Crippen molar-refractivity contribution < 1.29 is 19.1 Å². The number of aromatic amines is 1. The second-order valence-corrected chi connectivity index (χ2v) is 11.4. The average molecular weight is 592 g/mol. The van der Waals surface area contributed by atoms with Gasteiger partial charge in [0.1, 0.15) is 6.10 Å². The second kappa shape index (κ2) is 15.1. The van der Waals surface area contributed by atoms with Crippen molar-refractivity contribution in [3.8, 4) is 11.8 Å². The van der Waals surface area contributed by atoms with Gasteiger partial charge in [-0.2, -0.15) is 0 Å². The third kappa shape index (κ3) is 8.39. The summed E-state index contributed by atoms with van der Waals surface area (Å²) < 4.78 is 11.0. The number of rotatable bonds is 8. The average Bonchev–Trinajstić information content (AvgIpc) is 2.99. The van der Waals surface area contributed by atoms with Crippen LogP contribution in [0.2, 0.25) is 0 Å². The topological polar surface area (TPSA) is 116 Å². The molecule has 10 nitrogen and oxygen atoms in total. The van der Waals surface area contributed by atoms with Gasteiger partial charge in [-0.1, -0.05) is 11.8 Å². The van der Waals surface area contributed by atoms with Crippen LogP contribution in [-0.4, -0.2) is 80.5 Å². The Kier molecular flexibility index (Phi) is 11.3. The van der Waals surface area contributed by atoms with Crippen molar-refractivity contribution in [3.05, 3.63) is 62.1 Å². The van der Waals surface area contributed by atoms with Crippen LogP contribution in [0.1, 0.15) is 70.9 Å². The van der Waals surface area contributed by atoms with Crippen LogP contribution >= 0.6 is 0 Å². The number of aryl methyl sites for hydroxylation is 2. The maximum Gasteiger partial charge on any atom is 0.407 e. The lowest BCUT2D eigenvalue weighted by atomic mass is 9.90. The van der Waals surface area contributed by atoms with Gasteiger partial charge in [-0.05, 0) is 82.7 Å². The highest BCUT2D eigenvalue weighted by molar-refractivity contribution is 5.97. The SMILES string of the molecule is CCN(c1cc(C#CCN2CCOCC2)cc(C(=O)NCc2c(C)cc(C)[nH]c2=O)c1C)C1CCC(OC(=O)NC)CC1. The molecule has 1 aromatic carbocycles. The molecule has 0 unspecified atom stereocenters. The maximum absolute atomic E-state index is 13.6. The normalized spacial score (nSPS) is 18.7. The molecule has 2 fully saturated rings. The molecule has 0 spiro atoms. The summed E-state index contributed by atoms with van der Waals surface area (Å²) in [6, 6.07) is 6.10. The molecule has 0 atom stereocenters. The lowest BCUT2D eigenvalue weighted by Gasteiger charge is -2.38. The number of pyridine rings is 1. The first-order valence-electron chi connectivity index (χ1n) is 15.3. The molecule has 1 saturated carbocycles. The van der Waals surface area contributed by atoms with Crippen molar-refractivity contribution >= 4 is 17.7 Å². The van der Waals surface area contributed by atoms with Crippen LogP contribution in [0.5, 0.6) is 0 Å². The summed E-state index contributed by atoms with van der Waals surface area (Å²) >= 11 is 0. The quantitative estimate of drug-likeness (QED) is 0.403. The second-order valence-electron chi connectivity index (χ2n) is 11.4. The van der Waals surface area contributed by atoms with E-state index in [-0.39, 0.29) is 30.2 Å². The van der Waals surface area contributed by atoms with Gasteiger partial charge in [0.2, 0.25) is 0 Å². The van der Waals surface area contributed by atoms with Crippen LogP contribution in [0.4, 0.5) is 10.5 Å². The number of carbonyl (C=O) groups is 2. The minimum Gasteiger partial charge on any atom is -0.446 e. The van der Waals surface area contributed by atoms with Gasteiger partial charge in [0.25, 0.3) is 11.5 Å². The molecule has 1 saturated heterocycles. The molecule has 4 rings (SSSR count). The highest BCUT2D eigenvalue weighted by Gasteiger charge is 2.29. The Morgan fingerprint density at radius 1 is 1.12 bits per heavy atom. The fourth-order valence-electron chi connectivity index (χ4n) is 5.99. The van der Waals surface area contributed by atoms with Crippen molar-refractivity contribution in [1.29, 1.82) is 0 Å². The van der Waals surface area contributed by atoms with Crippen LogP contribution in [0.15, 0.2) is 23.0 Å². The zero-order chi connectivity index (χ0) is 30.9. The van der Waals surface area contributed by atoms with Gasteiger partial charge in [0.05, 0.1) is 19.8 Å². The summed E-state index contributed by atoms with van der Waals surface area (Å²) in [5.74, 6) is 6.37. The van der Waals surface area contributed by atoms with Crippen molar-refractivity contribution in [1.82, 2.24) is 20.5 Å². The minimum absolute atomic E-state index is 0.0943. The number of aromatic nitrogens is 1. The summed E-state index contributed by atoms with van der Waals surface area (Å²) in [4.78, 5) is 45.4. The van der Waals surface area contributed by atoms with Gasteiger partial charge >= 0.3 is 6.09 Å². The number of carbonyl (C=O) groups excluding carboxylic acids is 2. The Morgan fingerprint density at radius 2 is 1.84 bits per heavy atom. The number of amides is 2. The standard InChI is InChI=1S/C33H45N5O5/c1-6-38(26-9-11-27(12-10-26)43-33(41)34-5)30-20-25(8-7-13-37-14-16-42-17-15-37)19-28(24(30)4)31(39)35-21-29-22(2)18-23(3)36-32(29)40/h18-20,26-27H,6,9-17,21H2,1-5H3,(H,34,41)(H,35,39)(H,36,40). The first kappa shape index (κ1) is 32.1. The molecule has 2 aliphatic rings. The van der Waals surface area contributed by atoms with E-state index in [0.717, 1.165) is 73.4 Å². The highest BCUT2D eigenvalue weighted by Crippen LogP contribution is 2.33. The van der Waals surface area contributed by atoms with Crippen LogP contribution in [0.25, 0.3) is 0 Å². The largest absolute Gasteiger partial charge is 0.446 e. The van der Waals surface area contributed by atoms with Gasteiger partial charge in [0, 0.05) is 67.3 Å². The summed E-state index contributed by atoms with van der Waals surface area (Å²) in [6.07, 6.45) is 2.82. The Balaban J connectivity index is 1.60. The van der Waals surface area contributed by atoms with Crippen molar-refractivity contribution in [2.45, 2.75) is 72.1 Å². The van der Waals surface area contributed by atoms with E-state index in [1.54, 1.807) is 7.05 Å². The van der Waals surface area contributed by atoms with E-state index in [1.807, 2.05) is 32.9 Å². The summed E-state index contributed by atoms with van der Waals surface area (Å²) in [5, 5.41) is 5.51. The molecule has 0 bridgehead atoms. The third-order valence-corrected chi connectivity index (χ3v) is 8.40. The number of nitrogens with zero attached hydrogens (tertiary/aromatic N) is 2. The molecule has 0 radical (unpaired) electrons. The van der Waals surface area contributed by atoms with Gasteiger partial charge in [-0.15, -0.1) is 0 Å². The Hall–Kier alpha value is -3.81. The zero-order valence-corrected chi connectivity index (χ0v) is 26.1. The maximum atomic E-state index is 13.6. The number of benzene rings is 1. The number of alkyl carbamates (subject to hydrolysis) is 1. The molecule has 2 aromatic rings. The molecular formula is C33H45N5O5. The van der Waals surface area contributed by atoms with E-state index in [9.17, 15) is 14.4 Å². The molecule has 2 heterocycles. The molecule has 232 valence electrons. The molecule has 43 heavy (non-hydrogen) atoms. The van der Waals surface area contributed by atoms with Crippen molar-refractivity contribution in [2.24, 2.45) is 0 Å². The summed E-state index contributed by atoms with van der Waals surface area (Å²) in [7, 11) is 1.57. The van der Waals surface area contributed by atoms with Gasteiger partial charge in [-0.3, -0.25) is 14.5 Å². The fraction of sp³-hybridized carbons (Fsp3) is 0.545. The number of nitrogens with one attached hydrogen (secondary N) is 3. The number of H-pyrrole nitrogens is 1. The Bertz CT molecular complexity index is 1410. The van der Waals surface area contributed by atoms with Gasteiger partial charge < -0.3 is 30.0 Å². The van der Waals surface area contributed by atoms with E-state index in [1.165, 1.54) is 0 Å². The summed E-state index contributed by atoms with van der Waals surface area (Å²) in [5.41, 5.74) is 5.16. The van der Waals surface area contributed by atoms with Gasteiger partial charge in [-0.25, -0.2) is 4.79 Å². The first-order valence-corrected chi connectivity index (χ1v) is 15.3. The van der Waals surface area contributed by atoms with Crippen molar-refractivity contribution in [3.63, 3.8) is 0 Å². The number of hydrogen-bond donors (Lipinski definition) is 3. The van der Waals surface area contributed by atoms with Crippen LogP contribution in [0, 0.1) is 32.6 Å². The zero-order valence-electron chi connectivity index (χ0n) is 26.1. The molecule has 3 N–H and O–H groups in total. The molecular weight excluding hydrogens is 546 g/mol. The Morgan fingerprint density at radius 3 is 2.49 bits per heavy atom. The molecule has 1 aliphatic carbocycles. The molecule has 2 amide bonds. The van der Waals surface area contributed by atoms with Gasteiger partial charge in [0.15, 0.2) is 0 Å². The highest BCUT2D eigenvalue weighted by atomic mass is 16.6. The smallest absolute Gasteiger partial charge is 0.407 e. The van der Waals surface area contributed by atoms with Crippen LogP contribution < -0.4 is 21.1 Å². The molecule has 1 aliphatic heterocycles. The van der Waals surface area contributed by atoms with Crippen LogP contribution in [0.3, 0.4) is 0 Å². The molecule has 10 heteroatoms. The predicted molar refractivity (Wildman–Crippen MR) is 168 cm³/mol. The van der Waals surface area contributed by atoms with Crippen molar-refractivity contribution in [2.75, 3.05) is 51.3 Å². The number of anilines is 1. The predicted octanol–water partition coefficient (Wildman–Crippen LogP) is 3.41. The van der Waals surface area contributed by atoms with E-state index < -0.39 is 6.09 Å². The first-order chi connectivity index (χ1) is 20.7. The molecule has 1 aromatic heterocycles. The number of ether oxygens (including phenoxy) is 2. The fourth-order valence-corrected chi connectivity index (χ4v) is 5.99. The lowest BCUT2D eigenvalue weighted by Crippen LogP contribution is -2.41. The van der Waals surface area contributed by atoms with E-state index in [4.69, 9.17) is 9.47 Å². The summed E-state index contributed by atoms with van der Waals surface area (Å²) in [6.45, 7) is 12.5. The number of morpholine rings is 1. The third-order valence-electron chi connectivity index (χ3n) is 8.40. The lowest BCUT2D eigenvalue weighted by molar-refractivity contribution is 0.0443. The van der Waals surface area contributed by atoms with E-state index in [2.05, 4.69) is 50.2 Å². The van der Waals surface area contributed by atoms with E-state index >= 15 is 0 Å². The number of hydrogen-bond acceptors (Lipinski definition) is 7. The monoisotopic (exact) mass is 591 g/mol. The van der Waals surface area contributed by atoms with E-state index in [0.29, 0.717) is 30.9 Å². The Labute approximate surface area is 254 Å². The minimum atomic E-state index is -0.395. The van der Waals surface area contributed by atoms with Crippen LogP contribution in [-0.2, 0) is 16.0 Å².